The summed E-state index contributed by atoms with van der Waals surface area (Å²) in [5.74, 6) is 1.68. The fraction of sp³-hybridized carbons (Fsp3) is 0.136. The lowest BCUT2D eigenvalue weighted by Gasteiger charge is -2.09. The minimum absolute atomic E-state index is 0.0151. The molecule has 9 nitrogen and oxygen atoms in total. The van der Waals surface area contributed by atoms with Gasteiger partial charge in [0.2, 0.25) is 0 Å². The number of aryl methyl sites for hydroxylation is 1. The van der Waals surface area contributed by atoms with Gasteiger partial charge in [0.1, 0.15) is 22.2 Å². The summed E-state index contributed by atoms with van der Waals surface area (Å²) in [6.07, 6.45) is 1.74. The molecule has 10 heteroatoms. The average Bonchev–Trinajstić information content (AvgIpc) is 3.28. The fourth-order valence-electron chi connectivity index (χ4n) is 3.04. The lowest BCUT2D eigenvalue weighted by molar-refractivity contribution is -0.384. The largest absolute Gasteiger partial charge is 0.497 e. The van der Waals surface area contributed by atoms with Crippen molar-refractivity contribution in [2.24, 2.45) is 0 Å². The van der Waals surface area contributed by atoms with Gasteiger partial charge in [-0.2, -0.15) is 4.98 Å². The molecule has 0 saturated carbocycles. The molecule has 0 aliphatic carbocycles. The molecule has 0 N–H and O–H groups in total. The van der Waals surface area contributed by atoms with E-state index >= 15 is 0 Å². The van der Waals surface area contributed by atoms with Crippen molar-refractivity contribution in [3.8, 4) is 22.7 Å². The first-order valence-corrected chi connectivity index (χ1v) is 10.5. The zero-order chi connectivity index (χ0) is 22.7. The van der Waals surface area contributed by atoms with E-state index in [4.69, 9.17) is 9.26 Å². The number of nitrogens with zero attached hydrogens (tertiary/aromatic N) is 4. The van der Waals surface area contributed by atoms with E-state index in [1.165, 1.54) is 28.5 Å². The molecule has 0 saturated heterocycles. The van der Waals surface area contributed by atoms with Crippen LogP contribution in [0.1, 0.15) is 11.3 Å². The molecule has 0 amide bonds. The van der Waals surface area contributed by atoms with E-state index in [1.54, 1.807) is 55.8 Å². The molecule has 0 atom stereocenters. The number of ether oxygens (including phenoxy) is 1. The van der Waals surface area contributed by atoms with Gasteiger partial charge in [-0.3, -0.25) is 14.7 Å². The molecule has 0 radical (unpaired) electrons. The van der Waals surface area contributed by atoms with Crippen molar-refractivity contribution < 1.29 is 14.2 Å². The van der Waals surface area contributed by atoms with Crippen molar-refractivity contribution in [2.75, 3.05) is 7.11 Å². The highest BCUT2D eigenvalue weighted by Gasteiger charge is 2.13. The Morgan fingerprint density at radius 2 is 1.97 bits per heavy atom. The van der Waals surface area contributed by atoms with Crippen LogP contribution in [0.3, 0.4) is 0 Å². The Bertz CT molecular complexity index is 1330. The number of non-ortho nitro benzene ring substituents is 1. The zero-order valence-electron chi connectivity index (χ0n) is 17.2. The van der Waals surface area contributed by atoms with Gasteiger partial charge >= 0.3 is 5.69 Å². The summed E-state index contributed by atoms with van der Waals surface area (Å²) in [6.45, 7) is 1.88. The Hall–Kier alpha value is -3.92. The van der Waals surface area contributed by atoms with Gasteiger partial charge in [0.05, 0.1) is 23.5 Å². The second-order valence-electron chi connectivity index (χ2n) is 6.85. The van der Waals surface area contributed by atoms with Gasteiger partial charge in [0, 0.05) is 30.0 Å². The average molecular weight is 450 g/mol. The fourth-order valence-corrected chi connectivity index (χ4v) is 3.88. The number of aromatic nitrogens is 3. The van der Waals surface area contributed by atoms with Crippen LogP contribution in [-0.2, 0) is 5.75 Å². The number of hydrogen-bond donors (Lipinski definition) is 0. The van der Waals surface area contributed by atoms with Crippen LogP contribution >= 0.6 is 11.8 Å². The zero-order valence-corrected chi connectivity index (χ0v) is 18.0. The van der Waals surface area contributed by atoms with Crippen molar-refractivity contribution in [3.63, 3.8) is 0 Å². The summed E-state index contributed by atoms with van der Waals surface area (Å²) in [7, 11) is 1.58. The lowest BCUT2D eigenvalue weighted by atomic mass is 10.1. The molecule has 4 aromatic rings. The number of benzene rings is 2. The molecule has 0 aliphatic heterocycles. The van der Waals surface area contributed by atoms with Crippen molar-refractivity contribution >= 4 is 17.4 Å². The van der Waals surface area contributed by atoms with Crippen LogP contribution in [0.4, 0.5) is 5.69 Å². The van der Waals surface area contributed by atoms with Crippen molar-refractivity contribution in [2.45, 2.75) is 17.7 Å². The molecule has 2 aromatic heterocycles. The summed E-state index contributed by atoms with van der Waals surface area (Å²) < 4.78 is 12.0. The topological polar surface area (TPSA) is 113 Å². The third-order valence-corrected chi connectivity index (χ3v) is 5.79. The third-order valence-electron chi connectivity index (χ3n) is 4.68. The molecule has 0 aliphatic rings. The Labute approximate surface area is 186 Å². The number of nitro groups is 1. The first kappa shape index (κ1) is 21.3. The smallest absolute Gasteiger partial charge is 0.353 e. The van der Waals surface area contributed by atoms with Crippen LogP contribution < -0.4 is 10.4 Å². The highest BCUT2D eigenvalue weighted by Crippen LogP contribution is 2.28. The van der Waals surface area contributed by atoms with E-state index in [1.807, 2.05) is 6.92 Å². The number of methoxy groups -OCH3 is 1. The maximum atomic E-state index is 12.6. The molecule has 0 fully saturated rings. The summed E-state index contributed by atoms with van der Waals surface area (Å²) >= 11 is 1.35. The monoisotopic (exact) mass is 450 g/mol. The van der Waals surface area contributed by atoms with Crippen LogP contribution in [0.2, 0.25) is 0 Å². The second-order valence-corrected chi connectivity index (χ2v) is 7.82. The van der Waals surface area contributed by atoms with Crippen LogP contribution in [0.15, 0.2) is 75.1 Å². The van der Waals surface area contributed by atoms with Gasteiger partial charge in [-0.15, -0.1) is 0 Å². The Morgan fingerprint density at radius 1 is 1.19 bits per heavy atom. The van der Waals surface area contributed by atoms with E-state index in [0.29, 0.717) is 39.2 Å². The van der Waals surface area contributed by atoms with E-state index in [-0.39, 0.29) is 5.69 Å². The van der Waals surface area contributed by atoms with E-state index in [0.717, 1.165) is 5.56 Å². The normalized spacial score (nSPS) is 10.8. The van der Waals surface area contributed by atoms with E-state index in [2.05, 4.69) is 10.1 Å². The molecule has 162 valence electrons. The molecular formula is C22H18N4O5S. The summed E-state index contributed by atoms with van der Waals surface area (Å²) in [5.41, 5.74) is 2.22. The van der Waals surface area contributed by atoms with Crippen molar-refractivity contribution in [1.29, 1.82) is 0 Å². The summed E-state index contributed by atoms with van der Waals surface area (Å²) in [6, 6.07) is 15.1. The number of thioether (sulfide) groups is 1. The first-order valence-electron chi connectivity index (χ1n) is 9.52. The molecule has 2 aromatic carbocycles. The van der Waals surface area contributed by atoms with Crippen molar-refractivity contribution in [3.05, 3.63) is 92.7 Å². The minimum atomic E-state index is -0.455. The van der Waals surface area contributed by atoms with Gasteiger partial charge < -0.3 is 9.26 Å². The molecule has 4 rings (SSSR count). The highest BCUT2D eigenvalue weighted by atomic mass is 32.2. The molecule has 0 bridgehead atoms. The molecule has 32 heavy (non-hydrogen) atoms. The van der Waals surface area contributed by atoms with Crippen LogP contribution in [-0.4, -0.2) is 26.7 Å². The van der Waals surface area contributed by atoms with Crippen LogP contribution in [0.25, 0.3) is 16.9 Å². The third kappa shape index (κ3) is 4.54. The first-order chi connectivity index (χ1) is 15.4. The Morgan fingerprint density at radius 3 is 2.69 bits per heavy atom. The van der Waals surface area contributed by atoms with Crippen LogP contribution in [0, 0.1) is 17.0 Å². The molecule has 0 spiro atoms. The van der Waals surface area contributed by atoms with Gasteiger partial charge in [-0.1, -0.05) is 29.1 Å². The SMILES string of the molecule is COc1ccc(-n2cc(C)c(SCc3cc(-c4cccc([N+](=O)[O-])c4)no3)nc2=O)cc1. The Kier molecular flexibility index (Phi) is 6.04. The van der Waals surface area contributed by atoms with Crippen LogP contribution in [0.5, 0.6) is 5.75 Å². The maximum Gasteiger partial charge on any atom is 0.353 e. The number of rotatable bonds is 7. The van der Waals surface area contributed by atoms with E-state index in [9.17, 15) is 14.9 Å². The molecular weight excluding hydrogens is 432 g/mol. The van der Waals surface area contributed by atoms with Gasteiger partial charge in [0.25, 0.3) is 5.69 Å². The minimum Gasteiger partial charge on any atom is -0.497 e. The summed E-state index contributed by atoms with van der Waals surface area (Å²) in [5, 5.41) is 15.6. The Balaban J connectivity index is 1.50. The molecule has 2 heterocycles. The van der Waals surface area contributed by atoms with Gasteiger partial charge in [-0.25, -0.2) is 4.79 Å². The number of nitro benzene ring substituents is 1. The second kappa shape index (κ2) is 9.06. The predicted molar refractivity (Wildman–Crippen MR) is 119 cm³/mol. The molecule has 0 unspecified atom stereocenters. The quantitative estimate of drug-likeness (QED) is 0.176. The summed E-state index contributed by atoms with van der Waals surface area (Å²) in [4.78, 5) is 27.3. The predicted octanol–water partition coefficient (Wildman–Crippen LogP) is 4.41. The highest BCUT2D eigenvalue weighted by molar-refractivity contribution is 7.98. The maximum absolute atomic E-state index is 12.6. The number of hydrogen-bond acceptors (Lipinski definition) is 8. The van der Waals surface area contributed by atoms with Crippen molar-refractivity contribution in [1.82, 2.24) is 14.7 Å². The van der Waals surface area contributed by atoms with Gasteiger partial charge in [-0.05, 0) is 36.8 Å². The van der Waals surface area contributed by atoms with E-state index < -0.39 is 10.6 Å². The standard InChI is InChI=1S/C22H18N4O5S/c1-14-12-25(16-6-8-18(30-2)9-7-16)22(27)23-21(14)32-13-19-11-20(24-31-19)15-4-3-5-17(10-15)26(28)29/h3-12H,13H2,1-2H3. The van der Waals surface area contributed by atoms with Gasteiger partial charge in [0.15, 0.2) is 0 Å². The lowest BCUT2D eigenvalue weighted by Crippen LogP contribution is -2.22.